The van der Waals surface area contributed by atoms with Crippen molar-refractivity contribution < 1.29 is 19.0 Å². The van der Waals surface area contributed by atoms with Crippen LogP contribution in [0.15, 0.2) is 6.07 Å². The molecule has 4 nitrogen and oxygen atoms in total. The lowest BCUT2D eigenvalue weighted by Gasteiger charge is -2.03. The van der Waals surface area contributed by atoms with Crippen molar-refractivity contribution in [3.05, 3.63) is 22.8 Å². The lowest BCUT2D eigenvalue weighted by Crippen LogP contribution is -1.97. The minimum atomic E-state index is -0.268. The Hall–Kier alpha value is -1.71. The summed E-state index contributed by atoms with van der Waals surface area (Å²) in [5.74, 6) is 1.10. The van der Waals surface area contributed by atoms with Gasteiger partial charge in [0.15, 0.2) is 11.5 Å². The van der Waals surface area contributed by atoms with Crippen molar-refractivity contribution in [2.75, 3.05) is 6.79 Å². The molecule has 0 aromatic heterocycles. The van der Waals surface area contributed by atoms with E-state index >= 15 is 0 Å². The molecule has 0 bridgehead atoms. The van der Waals surface area contributed by atoms with Crippen molar-refractivity contribution in [2.45, 2.75) is 13.5 Å². The molecule has 0 radical (unpaired) electrons. The second-order valence-electron chi connectivity index (χ2n) is 3.36. The maximum absolute atomic E-state index is 11.4. The van der Waals surface area contributed by atoms with Crippen molar-refractivity contribution in [1.82, 2.24) is 0 Å². The fourth-order valence-electron chi connectivity index (χ4n) is 1.88. The summed E-state index contributed by atoms with van der Waals surface area (Å²) in [5, 5.41) is 0. The highest BCUT2D eigenvalue weighted by Gasteiger charge is 2.31. The van der Waals surface area contributed by atoms with E-state index < -0.39 is 0 Å². The van der Waals surface area contributed by atoms with Crippen LogP contribution in [0.5, 0.6) is 11.5 Å². The van der Waals surface area contributed by atoms with Crippen LogP contribution in [0.4, 0.5) is 0 Å². The number of rotatable bonds is 0. The first-order chi connectivity index (χ1) is 6.77. The molecule has 0 N–H and O–H groups in total. The van der Waals surface area contributed by atoms with E-state index in [1.807, 2.05) is 13.0 Å². The first-order valence-electron chi connectivity index (χ1n) is 4.36. The van der Waals surface area contributed by atoms with Gasteiger partial charge in [0.2, 0.25) is 6.79 Å². The first kappa shape index (κ1) is 7.67. The number of hydrogen-bond donors (Lipinski definition) is 0. The number of esters is 1. The molecule has 0 atom stereocenters. The smallest absolute Gasteiger partial charge is 0.339 e. The largest absolute Gasteiger partial charge is 0.457 e. The molecule has 4 heteroatoms. The van der Waals surface area contributed by atoms with Gasteiger partial charge in [0, 0.05) is 0 Å². The summed E-state index contributed by atoms with van der Waals surface area (Å²) in [6.07, 6.45) is 0. The Balaban J connectivity index is 2.32. The standard InChI is InChI=1S/C10H8O4/c1-5-2-7-9(14-4-13-7)6-3-12-10(11)8(5)6/h2H,3-4H2,1H3. The summed E-state index contributed by atoms with van der Waals surface area (Å²) >= 11 is 0. The van der Waals surface area contributed by atoms with Crippen LogP contribution in [0.25, 0.3) is 0 Å². The third-order valence-corrected chi connectivity index (χ3v) is 2.51. The number of carbonyl (C=O) groups is 1. The minimum absolute atomic E-state index is 0.222. The van der Waals surface area contributed by atoms with Crippen molar-refractivity contribution >= 4 is 5.97 Å². The number of fused-ring (bicyclic) bond motifs is 3. The molecular weight excluding hydrogens is 184 g/mol. The Morgan fingerprint density at radius 3 is 3.00 bits per heavy atom. The Kier molecular flexibility index (Phi) is 1.32. The van der Waals surface area contributed by atoms with Gasteiger partial charge in [-0.25, -0.2) is 4.79 Å². The number of carbonyl (C=O) groups excluding carboxylic acids is 1. The van der Waals surface area contributed by atoms with Gasteiger partial charge in [-0.3, -0.25) is 0 Å². The van der Waals surface area contributed by atoms with Gasteiger partial charge in [-0.15, -0.1) is 0 Å². The van der Waals surface area contributed by atoms with Gasteiger partial charge in [0.25, 0.3) is 0 Å². The highest BCUT2D eigenvalue weighted by atomic mass is 16.7. The maximum Gasteiger partial charge on any atom is 0.339 e. The van der Waals surface area contributed by atoms with E-state index in [9.17, 15) is 4.79 Å². The molecule has 72 valence electrons. The molecule has 0 fully saturated rings. The Bertz CT molecular complexity index is 436. The third-order valence-electron chi connectivity index (χ3n) is 2.51. The van der Waals surface area contributed by atoms with Crippen LogP contribution in [-0.4, -0.2) is 12.8 Å². The monoisotopic (exact) mass is 192 g/mol. The zero-order chi connectivity index (χ0) is 9.71. The van der Waals surface area contributed by atoms with Crippen LogP contribution in [0.3, 0.4) is 0 Å². The molecule has 14 heavy (non-hydrogen) atoms. The van der Waals surface area contributed by atoms with E-state index in [0.717, 1.165) is 11.1 Å². The summed E-state index contributed by atoms with van der Waals surface area (Å²) in [6, 6.07) is 1.81. The molecule has 0 saturated heterocycles. The lowest BCUT2D eigenvalue weighted by molar-refractivity contribution is 0.0533. The molecule has 2 heterocycles. The van der Waals surface area contributed by atoms with Crippen LogP contribution < -0.4 is 9.47 Å². The van der Waals surface area contributed by atoms with E-state index in [1.165, 1.54) is 0 Å². The van der Waals surface area contributed by atoms with Gasteiger partial charge in [0.05, 0.1) is 11.1 Å². The van der Waals surface area contributed by atoms with Crippen molar-refractivity contribution in [1.29, 1.82) is 0 Å². The molecule has 1 aromatic rings. The van der Waals surface area contributed by atoms with Crippen LogP contribution in [-0.2, 0) is 11.3 Å². The molecule has 0 unspecified atom stereocenters. The average Bonchev–Trinajstić information content (AvgIpc) is 2.71. The highest BCUT2D eigenvalue weighted by molar-refractivity contribution is 5.96. The van der Waals surface area contributed by atoms with Crippen LogP contribution in [0, 0.1) is 6.92 Å². The van der Waals surface area contributed by atoms with Gasteiger partial charge >= 0.3 is 5.97 Å². The summed E-state index contributed by atoms with van der Waals surface area (Å²) in [5.41, 5.74) is 2.34. The van der Waals surface area contributed by atoms with Crippen molar-refractivity contribution in [2.24, 2.45) is 0 Å². The Morgan fingerprint density at radius 2 is 2.14 bits per heavy atom. The molecule has 0 aliphatic carbocycles. The Morgan fingerprint density at radius 1 is 1.29 bits per heavy atom. The van der Waals surface area contributed by atoms with E-state index in [1.54, 1.807) is 0 Å². The summed E-state index contributed by atoms with van der Waals surface area (Å²) in [4.78, 5) is 11.4. The van der Waals surface area contributed by atoms with Gasteiger partial charge < -0.3 is 14.2 Å². The maximum atomic E-state index is 11.4. The van der Waals surface area contributed by atoms with E-state index in [2.05, 4.69) is 0 Å². The SMILES string of the molecule is Cc1cc2c(c3c1C(=O)OC3)OCO2. The minimum Gasteiger partial charge on any atom is -0.457 e. The number of cyclic esters (lactones) is 1. The summed E-state index contributed by atoms with van der Waals surface area (Å²) < 4.78 is 15.5. The fraction of sp³-hybridized carbons (Fsp3) is 0.300. The van der Waals surface area contributed by atoms with Gasteiger partial charge in [-0.05, 0) is 18.6 Å². The molecule has 0 amide bonds. The predicted octanol–water partition coefficient (Wildman–Crippen LogP) is 1.39. The number of hydrogen-bond acceptors (Lipinski definition) is 4. The van der Waals surface area contributed by atoms with Gasteiger partial charge in [-0.1, -0.05) is 0 Å². The van der Waals surface area contributed by atoms with Crippen LogP contribution in [0.2, 0.25) is 0 Å². The second kappa shape index (κ2) is 2.41. The predicted molar refractivity (Wildman–Crippen MR) is 46.4 cm³/mol. The number of ether oxygens (including phenoxy) is 3. The fourth-order valence-corrected chi connectivity index (χ4v) is 1.88. The molecule has 1 aromatic carbocycles. The molecule has 2 aliphatic rings. The average molecular weight is 192 g/mol. The molecule has 0 saturated carbocycles. The summed E-state index contributed by atoms with van der Waals surface area (Å²) in [6.45, 7) is 2.38. The molecular formula is C10H8O4. The van der Waals surface area contributed by atoms with Crippen molar-refractivity contribution in [3.63, 3.8) is 0 Å². The zero-order valence-electron chi connectivity index (χ0n) is 7.62. The molecule has 3 rings (SSSR count). The number of benzene rings is 1. The topological polar surface area (TPSA) is 44.8 Å². The Labute approximate surface area is 80.4 Å². The van der Waals surface area contributed by atoms with Gasteiger partial charge in [-0.2, -0.15) is 0 Å². The van der Waals surface area contributed by atoms with E-state index in [4.69, 9.17) is 14.2 Å². The number of aryl methyl sites for hydroxylation is 1. The normalized spacial score (nSPS) is 16.8. The van der Waals surface area contributed by atoms with Crippen LogP contribution >= 0.6 is 0 Å². The quantitative estimate of drug-likeness (QED) is 0.583. The van der Waals surface area contributed by atoms with Crippen LogP contribution in [0.1, 0.15) is 21.5 Å². The summed E-state index contributed by atoms with van der Waals surface area (Å²) in [7, 11) is 0. The molecule has 2 aliphatic heterocycles. The lowest BCUT2D eigenvalue weighted by atomic mass is 10.0. The first-order valence-corrected chi connectivity index (χ1v) is 4.36. The zero-order valence-corrected chi connectivity index (χ0v) is 7.62. The van der Waals surface area contributed by atoms with Gasteiger partial charge in [0.1, 0.15) is 6.61 Å². The third kappa shape index (κ3) is 0.801. The highest BCUT2D eigenvalue weighted by Crippen LogP contribution is 2.42. The van der Waals surface area contributed by atoms with E-state index in [-0.39, 0.29) is 12.8 Å². The second-order valence-corrected chi connectivity index (χ2v) is 3.36. The van der Waals surface area contributed by atoms with E-state index in [0.29, 0.717) is 23.7 Å². The van der Waals surface area contributed by atoms with Crippen molar-refractivity contribution in [3.8, 4) is 11.5 Å². The molecule has 0 spiro atoms.